The van der Waals surface area contributed by atoms with Crippen LogP contribution in [0.5, 0.6) is 0 Å². The van der Waals surface area contributed by atoms with Crippen LogP contribution >= 0.6 is 24.0 Å². The molecule has 0 saturated carbocycles. The van der Waals surface area contributed by atoms with Crippen LogP contribution in [0.4, 0.5) is 5.69 Å². The molecule has 7 heteroatoms. The summed E-state index contributed by atoms with van der Waals surface area (Å²) >= 11 is 7.36. The molecule has 1 N–H and O–H groups in total. The summed E-state index contributed by atoms with van der Waals surface area (Å²) in [7, 11) is 0. The molecule has 0 radical (unpaired) electrons. The number of hydrogen-bond donors (Lipinski definition) is 1. The number of benzene rings is 2. The van der Waals surface area contributed by atoms with E-state index in [1.165, 1.54) is 11.8 Å². The van der Waals surface area contributed by atoms with Crippen LogP contribution in [0.25, 0.3) is 0 Å². The topological polar surface area (TPSA) is 54.3 Å². The van der Waals surface area contributed by atoms with Crippen molar-refractivity contribution in [2.24, 2.45) is 5.92 Å². The number of likely N-dealkylation sites (tertiary alicyclic amines) is 1. The number of nitrogens with zero attached hydrogens (tertiary/aromatic N) is 2. The maximum atomic E-state index is 13.5. The lowest BCUT2D eigenvalue weighted by Gasteiger charge is -2.43. The number of amides is 1. The summed E-state index contributed by atoms with van der Waals surface area (Å²) in [5.41, 5.74) is 5.14. The minimum absolute atomic E-state index is 0.0775. The van der Waals surface area contributed by atoms with E-state index in [2.05, 4.69) is 16.3 Å². The van der Waals surface area contributed by atoms with Gasteiger partial charge in [0.2, 0.25) is 5.91 Å². The summed E-state index contributed by atoms with van der Waals surface area (Å²) in [6, 6.07) is 21.3. The Bertz CT molecular complexity index is 1320. The number of pyridine rings is 1. The predicted molar refractivity (Wildman–Crippen MR) is 147 cm³/mol. The Balaban J connectivity index is 1.36. The lowest BCUT2D eigenvalue weighted by atomic mass is 9.83. The van der Waals surface area contributed by atoms with E-state index in [1.807, 2.05) is 73.0 Å². The van der Waals surface area contributed by atoms with Crippen LogP contribution in [-0.4, -0.2) is 32.8 Å². The zero-order valence-electron chi connectivity index (χ0n) is 19.9. The first-order chi connectivity index (χ1) is 16.9. The van der Waals surface area contributed by atoms with Crippen molar-refractivity contribution in [3.63, 3.8) is 0 Å². The highest BCUT2D eigenvalue weighted by Crippen LogP contribution is 2.39. The van der Waals surface area contributed by atoms with Crippen LogP contribution < -0.4 is 10.9 Å². The highest BCUT2D eigenvalue weighted by atomic mass is 32.2. The van der Waals surface area contributed by atoms with E-state index in [9.17, 15) is 9.59 Å². The summed E-state index contributed by atoms with van der Waals surface area (Å²) in [6.45, 7) is 6.37. The van der Waals surface area contributed by atoms with Gasteiger partial charge < -0.3 is 14.8 Å². The average Bonchev–Trinajstić information content (AvgIpc) is 2.86. The summed E-state index contributed by atoms with van der Waals surface area (Å²) in [6.07, 6.45) is 1.07. The first-order valence-corrected chi connectivity index (χ1v) is 13.3. The van der Waals surface area contributed by atoms with Gasteiger partial charge >= 0.3 is 0 Å². The third kappa shape index (κ3) is 4.93. The number of rotatable bonds is 4. The molecular formula is C28H29N3O2S2. The first kappa shape index (κ1) is 23.8. The van der Waals surface area contributed by atoms with Gasteiger partial charge in [-0.15, -0.1) is 0 Å². The van der Waals surface area contributed by atoms with E-state index >= 15 is 0 Å². The number of fused-ring (bicyclic) bond motifs is 4. The molecule has 35 heavy (non-hydrogen) atoms. The number of anilines is 1. The van der Waals surface area contributed by atoms with E-state index in [0.717, 1.165) is 58.4 Å². The van der Waals surface area contributed by atoms with Gasteiger partial charge in [0.1, 0.15) is 9.57 Å². The number of thioether (sulfide) groups is 1. The van der Waals surface area contributed by atoms with Gasteiger partial charge in [-0.2, -0.15) is 0 Å². The number of carbonyl (C=O) groups is 1. The fourth-order valence-corrected chi connectivity index (χ4v) is 6.60. The lowest BCUT2D eigenvalue weighted by molar-refractivity contribution is -0.115. The van der Waals surface area contributed by atoms with Crippen molar-refractivity contribution in [1.29, 1.82) is 0 Å². The van der Waals surface area contributed by atoms with Crippen molar-refractivity contribution in [2.45, 2.75) is 38.0 Å². The summed E-state index contributed by atoms with van der Waals surface area (Å²) < 4.78 is 2.66. The molecule has 1 fully saturated rings. The van der Waals surface area contributed by atoms with Gasteiger partial charge in [-0.1, -0.05) is 72.5 Å². The van der Waals surface area contributed by atoms with Crippen molar-refractivity contribution in [1.82, 2.24) is 9.47 Å². The lowest BCUT2D eigenvalue weighted by Crippen LogP contribution is -2.48. The molecule has 2 aliphatic rings. The van der Waals surface area contributed by atoms with Crippen molar-refractivity contribution in [2.75, 3.05) is 18.4 Å². The van der Waals surface area contributed by atoms with E-state index in [1.54, 1.807) is 6.07 Å². The summed E-state index contributed by atoms with van der Waals surface area (Å²) in [4.78, 5) is 28.1. The first-order valence-electron chi connectivity index (χ1n) is 12.0. The third-order valence-electron chi connectivity index (χ3n) is 7.16. The number of thiocarbonyl (C=S) groups is 1. The van der Waals surface area contributed by atoms with Gasteiger partial charge in [-0.05, 0) is 55.0 Å². The second-order valence-electron chi connectivity index (χ2n) is 9.51. The van der Waals surface area contributed by atoms with Crippen molar-refractivity contribution in [3.05, 3.63) is 99.5 Å². The van der Waals surface area contributed by atoms with E-state index in [-0.39, 0.29) is 17.4 Å². The zero-order valence-corrected chi connectivity index (χ0v) is 21.6. The summed E-state index contributed by atoms with van der Waals surface area (Å²) in [5, 5.41) is 2.68. The molecule has 3 atom stereocenters. The van der Waals surface area contributed by atoms with Crippen LogP contribution in [0, 0.1) is 19.8 Å². The average molecular weight is 504 g/mol. The number of carbonyl (C=O) groups excluding carboxylic acids is 1. The van der Waals surface area contributed by atoms with Gasteiger partial charge in [-0.25, -0.2) is 0 Å². The van der Waals surface area contributed by atoms with E-state index in [4.69, 9.17) is 12.2 Å². The van der Waals surface area contributed by atoms with Crippen LogP contribution in [0.1, 0.15) is 40.0 Å². The molecule has 1 aromatic heterocycles. The maximum absolute atomic E-state index is 13.5. The standard InChI is InChI=1S/C28H29N3O2S2/c1-18-8-6-11-23(19(18)2)29-27(33)26(21-9-4-3-5-10-21)35-28(34)30-15-20-14-22(17-30)24-12-7-13-25(32)31(24)16-20/h3-13,20,22,26H,14-17H2,1-2H3,(H,29,33)/t20-,22+,26-/m1/s1. The van der Waals surface area contributed by atoms with Gasteiger partial charge in [-0.3, -0.25) is 9.59 Å². The molecule has 1 saturated heterocycles. The molecule has 5 rings (SSSR count). The molecule has 180 valence electrons. The quantitative estimate of drug-likeness (QED) is 0.491. The molecule has 2 aliphatic heterocycles. The molecule has 3 aromatic rings. The highest BCUT2D eigenvalue weighted by molar-refractivity contribution is 8.23. The fourth-order valence-electron chi connectivity index (χ4n) is 5.21. The fraction of sp³-hybridized carbons (Fsp3) is 0.321. The zero-order chi connectivity index (χ0) is 24.5. The van der Waals surface area contributed by atoms with Crippen molar-refractivity contribution in [3.8, 4) is 0 Å². The molecule has 2 bridgehead atoms. The predicted octanol–water partition coefficient (Wildman–Crippen LogP) is 5.28. The SMILES string of the molecule is Cc1cccc(NC(=O)[C@H](SC(=S)N2C[C@H]3C[C@@H](C2)c2cccc(=O)n2C3)c2ccccc2)c1C. The van der Waals surface area contributed by atoms with E-state index < -0.39 is 5.25 Å². The van der Waals surface area contributed by atoms with Crippen LogP contribution in [0.15, 0.2) is 71.5 Å². The highest BCUT2D eigenvalue weighted by Gasteiger charge is 2.36. The molecule has 3 heterocycles. The van der Waals surface area contributed by atoms with Crippen molar-refractivity contribution < 1.29 is 4.79 Å². The smallest absolute Gasteiger partial charge is 0.250 e. The number of piperidine rings is 1. The molecule has 2 aromatic carbocycles. The number of aromatic nitrogens is 1. The number of aryl methyl sites for hydroxylation is 1. The number of nitrogens with one attached hydrogen (secondary N) is 1. The molecule has 0 aliphatic carbocycles. The van der Waals surface area contributed by atoms with Gasteiger partial charge in [0, 0.05) is 43.0 Å². The van der Waals surface area contributed by atoms with Crippen molar-refractivity contribution >= 4 is 39.9 Å². The molecule has 5 nitrogen and oxygen atoms in total. The van der Waals surface area contributed by atoms with Gasteiger partial charge in [0.05, 0.1) is 0 Å². The molecular weight excluding hydrogens is 474 g/mol. The van der Waals surface area contributed by atoms with Crippen LogP contribution in [0.3, 0.4) is 0 Å². The van der Waals surface area contributed by atoms with Gasteiger partial charge in [0.25, 0.3) is 5.56 Å². The Kier molecular flexibility index (Phi) is 6.80. The normalized spacial score (nSPS) is 19.5. The Labute approximate surface area is 215 Å². The Morgan fingerprint density at radius 3 is 2.57 bits per heavy atom. The second-order valence-corrected chi connectivity index (χ2v) is 11.3. The maximum Gasteiger partial charge on any atom is 0.250 e. The Hall–Kier alpha value is -2.90. The molecule has 0 spiro atoms. The monoisotopic (exact) mass is 503 g/mol. The Morgan fingerprint density at radius 1 is 1.00 bits per heavy atom. The van der Waals surface area contributed by atoms with E-state index in [0.29, 0.717) is 5.92 Å². The summed E-state index contributed by atoms with van der Waals surface area (Å²) in [5.74, 6) is 0.569. The van der Waals surface area contributed by atoms with Crippen LogP contribution in [-0.2, 0) is 11.3 Å². The molecule has 0 unspecified atom stereocenters. The minimum Gasteiger partial charge on any atom is -0.356 e. The minimum atomic E-state index is -0.458. The van der Waals surface area contributed by atoms with Crippen LogP contribution in [0.2, 0.25) is 0 Å². The second kappa shape index (κ2) is 9.99. The van der Waals surface area contributed by atoms with Gasteiger partial charge in [0.15, 0.2) is 0 Å². The largest absolute Gasteiger partial charge is 0.356 e. The number of hydrogen-bond acceptors (Lipinski definition) is 4. The molecule has 1 amide bonds. The Morgan fingerprint density at radius 2 is 1.77 bits per heavy atom. The third-order valence-corrected chi connectivity index (χ3v) is 8.89.